The summed E-state index contributed by atoms with van der Waals surface area (Å²) in [6.45, 7) is 4.16. The monoisotopic (exact) mass is 236 g/mol. The number of ketones is 1. The predicted molar refractivity (Wildman–Crippen MR) is 60.2 cm³/mol. The summed E-state index contributed by atoms with van der Waals surface area (Å²) in [4.78, 5) is 22.3. The molecular formula is C11H16N4O2. The van der Waals surface area contributed by atoms with Crippen LogP contribution in [0, 0.1) is 0 Å². The van der Waals surface area contributed by atoms with Gasteiger partial charge in [-0.05, 0) is 20.3 Å². The number of carbonyl (C=O) groups is 2. The molecule has 6 nitrogen and oxygen atoms in total. The second kappa shape index (κ2) is 4.65. The van der Waals surface area contributed by atoms with Crippen molar-refractivity contribution >= 4 is 11.7 Å². The Hall–Kier alpha value is -1.72. The van der Waals surface area contributed by atoms with Gasteiger partial charge in [-0.1, -0.05) is 0 Å². The van der Waals surface area contributed by atoms with Gasteiger partial charge in [0.1, 0.15) is 11.6 Å². The molecule has 2 rings (SSSR count). The molecule has 0 aromatic carbocycles. The third-order valence-corrected chi connectivity index (χ3v) is 2.81. The van der Waals surface area contributed by atoms with Gasteiger partial charge in [0.25, 0.3) is 0 Å². The van der Waals surface area contributed by atoms with Crippen LogP contribution in [-0.2, 0) is 22.6 Å². The summed E-state index contributed by atoms with van der Waals surface area (Å²) in [7, 11) is 0. The van der Waals surface area contributed by atoms with Gasteiger partial charge >= 0.3 is 0 Å². The molecule has 1 unspecified atom stereocenters. The van der Waals surface area contributed by atoms with Gasteiger partial charge in [-0.25, -0.2) is 0 Å². The Morgan fingerprint density at radius 2 is 2.24 bits per heavy atom. The minimum atomic E-state index is -0.264. The highest BCUT2D eigenvalue weighted by molar-refractivity contribution is 5.96. The number of nitrogens with zero attached hydrogens (tertiary/aromatic N) is 3. The number of amides is 1. The van der Waals surface area contributed by atoms with Gasteiger partial charge in [-0.2, -0.15) is 0 Å². The number of aryl methyl sites for hydroxylation is 1. The van der Waals surface area contributed by atoms with Gasteiger partial charge in [-0.3, -0.25) is 9.59 Å². The number of hydrogen-bond donors (Lipinski definition) is 1. The van der Waals surface area contributed by atoms with Crippen LogP contribution in [0.2, 0.25) is 0 Å². The first-order valence-corrected chi connectivity index (χ1v) is 5.78. The van der Waals surface area contributed by atoms with E-state index in [9.17, 15) is 9.59 Å². The van der Waals surface area contributed by atoms with E-state index in [1.165, 1.54) is 6.92 Å². The van der Waals surface area contributed by atoms with Crippen LogP contribution >= 0.6 is 0 Å². The second-order valence-corrected chi connectivity index (χ2v) is 4.40. The molecule has 0 saturated heterocycles. The first-order chi connectivity index (χ1) is 8.08. The number of carbonyl (C=O) groups excluding carboxylic acids is 2. The zero-order valence-electron chi connectivity index (χ0n) is 10.1. The average molecular weight is 236 g/mol. The highest BCUT2D eigenvalue weighted by atomic mass is 16.2. The van der Waals surface area contributed by atoms with Gasteiger partial charge in [0.2, 0.25) is 5.91 Å². The molecule has 2 heterocycles. The van der Waals surface area contributed by atoms with Crippen molar-refractivity contribution < 1.29 is 9.59 Å². The summed E-state index contributed by atoms with van der Waals surface area (Å²) in [5, 5.41) is 10.9. The lowest BCUT2D eigenvalue weighted by atomic mass is 10.2. The summed E-state index contributed by atoms with van der Waals surface area (Å²) in [5.74, 6) is 1.35. The van der Waals surface area contributed by atoms with Gasteiger partial charge in [0.15, 0.2) is 5.82 Å². The van der Waals surface area contributed by atoms with Crippen molar-refractivity contribution in [2.24, 2.45) is 0 Å². The maximum absolute atomic E-state index is 11.5. The molecule has 0 bridgehead atoms. The second-order valence-electron chi connectivity index (χ2n) is 4.40. The molecule has 1 amide bonds. The van der Waals surface area contributed by atoms with Crippen molar-refractivity contribution in [3.63, 3.8) is 0 Å². The van der Waals surface area contributed by atoms with Crippen LogP contribution in [0.25, 0.3) is 0 Å². The van der Waals surface area contributed by atoms with Gasteiger partial charge in [0.05, 0.1) is 12.5 Å². The Balaban J connectivity index is 2.02. The molecule has 1 N–H and O–H groups in total. The fourth-order valence-corrected chi connectivity index (χ4v) is 2.08. The minimum Gasteiger partial charge on any atom is -0.346 e. The van der Waals surface area contributed by atoms with E-state index in [1.54, 1.807) is 0 Å². The predicted octanol–water partition coefficient (Wildman–Crippen LogP) is 0.381. The fourth-order valence-electron chi connectivity index (χ4n) is 2.08. The molecule has 17 heavy (non-hydrogen) atoms. The Kier molecular flexibility index (Phi) is 3.21. The van der Waals surface area contributed by atoms with Crippen LogP contribution in [0.3, 0.4) is 0 Å². The van der Waals surface area contributed by atoms with E-state index in [0.717, 1.165) is 31.0 Å². The molecule has 0 saturated carbocycles. The third-order valence-electron chi connectivity index (χ3n) is 2.81. The Morgan fingerprint density at radius 1 is 1.47 bits per heavy atom. The number of hydrogen-bond acceptors (Lipinski definition) is 4. The largest absolute Gasteiger partial charge is 0.346 e. The quantitative estimate of drug-likeness (QED) is 0.767. The molecule has 1 aromatic heterocycles. The maximum atomic E-state index is 11.5. The Morgan fingerprint density at radius 3 is 2.94 bits per heavy atom. The smallest absolute Gasteiger partial charge is 0.228 e. The molecule has 6 heteroatoms. The van der Waals surface area contributed by atoms with Crippen molar-refractivity contribution in [3.05, 3.63) is 11.6 Å². The molecule has 0 spiro atoms. The highest BCUT2D eigenvalue weighted by Gasteiger charge is 2.22. The molecule has 0 aliphatic carbocycles. The van der Waals surface area contributed by atoms with Crippen LogP contribution in [0.1, 0.15) is 44.4 Å². The van der Waals surface area contributed by atoms with Gasteiger partial charge in [-0.15, -0.1) is 10.2 Å². The van der Waals surface area contributed by atoms with Crippen LogP contribution in [0.5, 0.6) is 0 Å². The summed E-state index contributed by atoms with van der Waals surface area (Å²) in [5.41, 5.74) is 0. The van der Waals surface area contributed by atoms with E-state index in [2.05, 4.69) is 15.5 Å². The summed E-state index contributed by atoms with van der Waals surface area (Å²) in [6, 6.07) is -0.207. The average Bonchev–Trinajstić information content (AvgIpc) is 2.74. The number of fused-ring (bicyclic) bond motifs is 1. The highest BCUT2D eigenvalue weighted by Crippen LogP contribution is 2.18. The van der Waals surface area contributed by atoms with E-state index < -0.39 is 0 Å². The first-order valence-electron chi connectivity index (χ1n) is 5.78. The van der Waals surface area contributed by atoms with Crippen LogP contribution in [0.4, 0.5) is 0 Å². The van der Waals surface area contributed by atoms with E-state index in [4.69, 9.17) is 0 Å². The molecule has 92 valence electrons. The molecule has 1 aliphatic heterocycles. The van der Waals surface area contributed by atoms with Crippen molar-refractivity contribution in [3.8, 4) is 0 Å². The summed E-state index contributed by atoms with van der Waals surface area (Å²) < 4.78 is 2.04. The topological polar surface area (TPSA) is 76.9 Å². The number of aromatic nitrogens is 3. The van der Waals surface area contributed by atoms with E-state index >= 15 is 0 Å². The standard InChI is InChI=1S/C11H16N4O2/c1-7(16)6-10(17)12-8(2)11-14-13-9-4-3-5-15(9)11/h8H,3-6H2,1-2H3,(H,12,17). The first kappa shape index (κ1) is 11.8. The lowest BCUT2D eigenvalue weighted by Gasteiger charge is -2.13. The molecule has 1 atom stereocenters. The van der Waals surface area contributed by atoms with Crippen molar-refractivity contribution in [1.29, 1.82) is 0 Å². The van der Waals surface area contributed by atoms with Crippen molar-refractivity contribution in [2.75, 3.05) is 0 Å². The lowest BCUT2D eigenvalue weighted by molar-refractivity contribution is -0.127. The van der Waals surface area contributed by atoms with Gasteiger partial charge < -0.3 is 9.88 Å². The summed E-state index contributed by atoms with van der Waals surface area (Å²) in [6.07, 6.45) is 1.94. The zero-order valence-corrected chi connectivity index (χ0v) is 10.1. The number of Topliss-reactive ketones (excluding diaryl/α,β-unsaturated/α-hetero) is 1. The van der Waals surface area contributed by atoms with Crippen LogP contribution < -0.4 is 5.32 Å². The van der Waals surface area contributed by atoms with E-state index in [-0.39, 0.29) is 24.2 Å². The SMILES string of the molecule is CC(=O)CC(=O)NC(C)c1nnc2n1CCC2. The summed E-state index contributed by atoms with van der Waals surface area (Å²) >= 11 is 0. The van der Waals surface area contributed by atoms with Crippen LogP contribution in [-0.4, -0.2) is 26.5 Å². The molecule has 0 fully saturated rings. The molecule has 0 radical (unpaired) electrons. The van der Waals surface area contributed by atoms with E-state index in [0.29, 0.717) is 0 Å². The van der Waals surface area contributed by atoms with Crippen molar-refractivity contribution in [2.45, 2.75) is 45.7 Å². The third kappa shape index (κ3) is 2.51. The van der Waals surface area contributed by atoms with Gasteiger partial charge in [0, 0.05) is 13.0 Å². The normalized spacial score (nSPS) is 15.4. The number of nitrogens with one attached hydrogen (secondary N) is 1. The molecular weight excluding hydrogens is 220 g/mol. The number of rotatable bonds is 4. The molecule has 1 aromatic rings. The Labute approximate surface area is 99.4 Å². The lowest BCUT2D eigenvalue weighted by Crippen LogP contribution is -2.29. The van der Waals surface area contributed by atoms with E-state index in [1.807, 2.05) is 11.5 Å². The van der Waals surface area contributed by atoms with Crippen LogP contribution in [0.15, 0.2) is 0 Å². The Bertz CT molecular complexity index is 452. The molecule has 1 aliphatic rings. The van der Waals surface area contributed by atoms with Crippen molar-refractivity contribution in [1.82, 2.24) is 20.1 Å². The fraction of sp³-hybridized carbons (Fsp3) is 0.636. The maximum Gasteiger partial charge on any atom is 0.228 e. The minimum absolute atomic E-state index is 0.0780. The zero-order chi connectivity index (χ0) is 12.4.